The van der Waals surface area contributed by atoms with Gasteiger partial charge in [-0.05, 0) is 32.3 Å². The van der Waals surface area contributed by atoms with Crippen molar-refractivity contribution in [1.29, 1.82) is 0 Å². The smallest absolute Gasteiger partial charge is 0.265 e. The van der Waals surface area contributed by atoms with Crippen molar-refractivity contribution >= 4 is 44.6 Å². The molecule has 2 heterocycles. The molecule has 1 saturated heterocycles. The van der Waals surface area contributed by atoms with Crippen LogP contribution in [0.2, 0.25) is 5.02 Å². The largest absolute Gasteiger partial charge is 0.398 e. The number of rotatable bonds is 1. The van der Waals surface area contributed by atoms with Gasteiger partial charge in [-0.15, -0.1) is 11.3 Å². The molecule has 5 heteroatoms. The SMILES string of the molecule is C[C@@H]1CCCCN1C(=O)c1sc2c(N)cccc2c1Cl. The second-order valence-electron chi connectivity index (χ2n) is 5.31. The number of likely N-dealkylation sites (tertiary alicyclic amines) is 1. The minimum absolute atomic E-state index is 0.0443. The van der Waals surface area contributed by atoms with Gasteiger partial charge in [0.1, 0.15) is 4.88 Å². The van der Waals surface area contributed by atoms with E-state index in [0.717, 1.165) is 29.5 Å². The lowest BCUT2D eigenvalue weighted by Gasteiger charge is -2.33. The van der Waals surface area contributed by atoms with Crippen LogP contribution in [0.3, 0.4) is 0 Å². The predicted octanol–water partition coefficient (Wildman–Crippen LogP) is 4.15. The van der Waals surface area contributed by atoms with E-state index in [-0.39, 0.29) is 11.9 Å². The summed E-state index contributed by atoms with van der Waals surface area (Å²) in [4.78, 5) is 15.3. The van der Waals surface area contributed by atoms with Crippen LogP contribution in [-0.2, 0) is 0 Å². The van der Waals surface area contributed by atoms with Crippen molar-refractivity contribution in [3.63, 3.8) is 0 Å². The number of amides is 1. The number of carbonyl (C=O) groups excluding carboxylic acids is 1. The van der Waals surface area contributed by atoms with Gasteiger partial charge in [-0.3, -0.25) is 4.79 Å². The van der Waals surface area contributed by atoms with Crippen LogP contribution in [0.4, 0.5) is 5.69 Å². The Bertz CT molecular complexity index is 667. The molecule has 0 saturated carbocycles. The normalized spacial score (nSPS) is 19.5. The number of fused-ring (bicyclic) bond motifs is 1. The summed E-state index contributed by atoms with van der Waals surface area (Å²) >= 11 is 7.80. The summed E-state index contributed by atoms with van der Waals surface area (Å²) in [6.07, 6.45) is 3.33. The van der Waals surface area contributed by atoms with Gasteiger partial charge in [-0.2, -0.15) is 0 Å². The van der Waals surface area contributed by atoms with Gasteiger partial charge in [0.15, 0.2) is 0 Å². The number of nitrogens with zero attached hydrogens (tertiary/aromatic N) is 1. The van der Waals surface area contributed by atoms with Crippen molar-refractivity contribution in [2.75, 3.05) is 12.3 Å². The van der Waals surface area contributed by atoms with Crippen molar-refractivity contribution in [2.45, 2.75) is 32.2 Å². The first-order valence-corrected chi connectivity index (χ1v) is 8.06. The fourth-order valence-electron chi connectivity index (χ4n) is 2.78. The standard InChI is InChI=1S/C15H17ClN2OS/c1-9-5-2-3-8-18(9)15(19)14-12(16)10-6-4-7-11(17)13(10)20-14/h4,6-7,9H,2-3,5,8,17H2,1H3/t9-/m1/s1. The zero-order chi connectivity index (χ0) is 14.3. The monoisotopic (exact) mass is 308 g/mol. The van der Waals surface area contributed by atoms with E-state index >= 15 is 0 Å². The third-order valence-electron chi connectivity index (χ3n) is 3.94. The second kappa shape index (κ2) is 5.26. The first-order valence-electron chi connectivity index (χ1n) is 6.87. The summed E-state index contributed by atoms with van der Waals surface area (Å²) in [6, 6.07) is 5.91. The summed E-state index contributed by atoms with van der Waals surface area (Å²) in [6.45, 7) is 2.92. The summed E-state index contributed by atoms with van der Waals surface area (Å²) in [7, 11) is 0. The highest BCUT2D eigenvalue weighted by Crippen LogP contribution is 2.39. The maximum absolute atomic E-state index is 12.7. The average Bonchev–Trinajstić information content (AvgIpc) is 2.78. The van der Waals surface area contributed by atoms with Crippen LogP contribution in [0, 0.1) is 0 Å². The maximum Gasteiger partial charge on any atom is 0.265 e. The molecule has 106 valence electrons. The Kier molecular flexibility index (Phi) is 3.61. The molecule has 1 fully saturated rings. The first kappa shape index (κ1) is 13.7. The summed E-state index contributed by atoms with van der Waals surface area (Å²) in [5.74, 6) is 0.0443. The Morgan fingerprint density at radius 3 is 2.95 bits per heavy atom. The molecule has 1 atom stereocenters. The van der Waals surface area contributed by atoms with Crippen LogP contribution < -0.4 is 5.73 Å². The first-order chi connectivity index (χ1) is 9.59. The van der Waals surface area contributed by atoms with Gasteiger partial charge < -0.3 is 10.6 Å². The zero-order valence-corrected chi connectivity index (χ0v) is 12.9. The van der Waals surface area contributed by atoms with Crippen LogP contribution in [-0.4, -0.2) is 23.4 Å². The van der Waals surface area contributed by atoms with Gasteiger partial charge in [-0.25, -0.2) is 0 Å². The number of anilines is 1. The molecule has 2 N–H and O–H groups in total. The number of nitrogens with two attached hydrogens (primary N) is 1. The highest BCUT2D eigenvalue weighted by Gasteiger charge is 2.28. The molecule has 2 aromatic rings. The second-order valence-corrected chi connectivity index (χ2v) is 6.71. The molecule has 0 spiro atoms. The van der Waals surface area contributed by atoms with Crippen molar-refractivity contribution in [1.82, 2.24) is 4.90 Å². The number of nitrogen functional groups attached to an aromatic ring is 1. The Morgan fingerprint density at radius 2 is 2.25 bits per heavy atom. The molecule has 0 bridgehead atoms. The number of hydrogen-bond acceptors (Lipinski definition) is 3. The van der Waals surface area contributed by atoms with Crippen LogP contribution >= 0.6 is 22.9 Å². The lowest BCUT2D eigenvalue weighted by atomic mass is 10.0. The van der Waals surface area contributed by atoms with Gasteiger partial charge in [0.25, 0.3) is 5.91 Å². The highest BCUT2D eigenvalue weighted by molar-refractivity contribution is 7.22. The molecule has 1 amide bonds. The molecule has 20 heavy (non-hydrogen) atoms. The molecule has 0 radical (unpaired) electrons. The van der Waals surface area contributed by atoms with E-state index in [9.17, 15) is 4.79 Å². The molecule has 3 nitrogen and oxygen atoms in total. The number of carbonyl (C=O) groups is 1. The van der Waals surface area contributed by atoms with Crippen LogP contribution in [0.25, 0.3) is 10.1 Å². The third kappa shape index (κ3) is 2.17. The van der Waals surface area contributed by atoms with E-state index < -0.39 is 0 Å². The van der Waals surface area contributed by atoms with Crippen molar-refractivity contribution in [3.8, 4) is 0 Å². The zero-order valence-electron chi connectivity index (χ0n) is 11.4. The van der Waals surface area contributed by atoms with Gasteiger partial charge >= 0.3 is 0 Å². The highest BCUT2D eigenvalue weighted by atomic mass is 35.5. The quantitative estimate of drug-likeness (QED) is 0.804. The van der Waals surface area contributed by atoms with Gasteiger partial charge in [0.05, 0.1) is 9.72 Å². The average molecular weight is 309 g/mol. The fourth-order valence-corrected chi connectivity index (χ4v) is 4.26. The minimum atomic E-state index is 0.0443. The van der Waals surface area contributed by atoms with E-state index in [1.54, 1.807) is 0 Å². The van der Waals surface area contributed by atoms with E-state index in [1.165, 1.54) is 17.8 Å². The number of halogens is 1. The third-order valence-corrected chi connectivity index (χ3v) is 5.69. The molecule has 0 unspecified atom stereocenters. The van der Waals surface area contributed by atoms with Gasteiger partial charge in [0.2, 0.25) is 0 Å². The molecule has 1 aliphatic rings. The predicted molar refractivity (Wildman–Crippen MR) is 85.6 cm³/mol. The van der Waals surface area contributed by atoms with Crippen molar-refractivity contribution < 1.29 is 4.79 Å². The maximum atomic E-state index is 12.7. The number of thiophene rings is 1. The van der Waals surface area contributed by atoms with E-state index in [2.05, 4.69) is 6.92 Å². The Balaban J connectivity index is 2.03. The van der Waals surface area contributed by atoms with Crippen LogP contribution in [0.5, 0.6) is 0 Å². The summed E-state index contributed by atoms with van der Waals surface area (Å²) in [5.41, 5.74) is 6.65. The van der Waals surface area contributed by atoms with Gasteiger partial charge in [-0.1, -0.05) is 23.7 Å². The molecule has 1 aromatic carbocycles. The summed E-state index contributed by atoms with van der Waals surface area (Å²) in [5, 5.41) is 1.42. The van der Waals surface area contributed by atoms with E-state index in [1.807, 2.05) is 23.1 Å². The Hall–Kier alpha value is -1.26. The molecule has 1 aliphatic heterocycles. The Labute approximate surface area is 127 Å². The van der Waals surface area contributed by atoms with Crippen molar-refractivity contribution in [2.24, 2.45) is 0 Å². The number of hydrogen-bond donors (Lipinski definition) is 1. The molecule has 1 aromatic heterocycles. The topological polar surface area (TPSA) is 46.3 Å². The minimum Gasteiger partial charge on any atom is -0.398 e. The lowest BCUT2D eigenvalue weighted by molar-refractivity contribution is 0.0641. The Morgan fingerprint density at radius 1 is 1.45 bits per heavy atom. The lowest BCUT2D eigenvalue weighted by Crippen LogP contribution is -2.41. The van der Waals surface area contributed by atoms with Crippen LogP contribution in [0.1, 0.15) is 35.9 Å². The number of benzene rings is 1. The van der Waals surface area contributed by atoms with E-state index in [0.29, 0.717) is 15.6 Å². The molecule has 3 rings (SSSR count). The van der Waals surface area contributed by atoms with E-state index in [4.69, 9.17) is 17.3 Å². The molecular weight excluding hydrogens is 292 g/mol. The molecular formula is C15H17ClN2OS. The fraction of sp³-hybridized carbons (Fsp3) is 0.400. The molecule has 0 aliphatic carbocycles. The summed E-state index contributed by atoms with van der Waals surface area (Å²) < 4.78 is 0.908. The van der Waals surface area contributed by atoms with Crippen molar-refractivity contribution in [3.05, 3.63) is 28.1 Å². The van der Waals surface area contributed by atoms with Crippen LogP contribution in [0.15, 0.2) is 18.2 Å². The van der Waals surface area contributed by atoms with Gasteiger partial charge in [0, 0.05) is 23.7 Å². The number of piperidine rings is 1.